The largest absolute Gasteiger partial charge is 0.478 e. The van der Waals surface area contributed by atoms with E-state index in [9.17, 15) is 22.4 Å². The Hall–Kier alpha value is -1.11. The smallest absolute Gasteiger partial charge is 0.419 e. The molecule has 1 N–H and O–H groups in total. The van der Waals surface area contributed by atoms with Gasteiger partial charge in [0.1, 0.15) is 5.82 Å². The van der Waals surface area contributed by atoms with Crippen molar-refractivity contribution in [1.82, 2.24) is 0 Å². The molecule has 0 aliphatic heterocycles. The second kappa shape index (κ2) is 3.80. The van der Waals surface area contributed by atoms with Gasteiger partial charge in [0.25, 0.3) is 0 Å². The second-order valence-corrected chi connectivity index (χ2v) is 3.47. The van der Waals surface area contributed by atoms with Gasteiger partial charge in [0, 0.05) is 4.47 Å². The Morgan fingerprint density at radius 2 is 1.87 bits per heavy atom. The lowest BCUT2D eigenvalue weighted by Gasteiger charge is -2.09. The van der Waals surface area contributed by atoms with E-state index in [1.165, 1.54) is 0 Å². The van der Waals surface area contributed by atoms with E-state index in [1.807, 2.05) is 0 Å². The van der Waals surface area contributed by atoms with Crippen LogP contribution in [0, 0.1) is 5.82 Å². The number of carboxylic acid groups (broad SMARTS) is 1. The molecule has 1 aromatic carbocycles. The summed E-state index contributed by atoms with van der Waals surface area (Å²) in [6, 6.07) is 0.730. The zero-order valence-corrected chi connectivity index (χ0v) is 8.49. The first-order valence-electron chi connectivity index (χ1n) is 3.53. The SMILES string of the molecule is O=C(O)c1cc(C(F)(F)F)c(F)cc1Br. The maximum atomic E-state index is 12.8. The van der Waals surface area contributed by atoms with Crippen LogP contribution in [0.1, 0.15) is 15.9 Å². The van der Waals surface area contributed by atoms with E-state index in [0.29, 0.717) is 6.07 Å². The zero-order chi connectivity index (χ0) is 11.8. The highest BCUT2D eigenvalue weighted by Gasteiger charge is 2.35. The molecule has 0 radical (unpaired) electrons. The van der Waals surface area contributed by atoms with E-state index >= 15 is 0 Å². The molecular weight excluding hydrogens is 284 g/mol. The van der Waals surface area contributed by atoms with E-state index in [-0.39, 0.29) is 10.5 Å². The third-order valence-corrected chi connectivity index (χ3v) is 2.25. The molecular formula is C8H3BrF4O2. The van der Waals surface area contributed by atoms with Crippen LogP contribution in [-0.2, 0) is 6.18 Å². The Morgan fingerprint density at radius 1 is 1.33 bits per heavy atom. The minimum Gasteiger partial charge on any atom is -0.478 e. The fourth-order valence-corrected chi connectivity index (χ4v) is 1.42. The Balaban J connectivity index is 3.43. The Bertz CT molecular complexity index is 414. The molecule has 15 heavy (non-hydrogen) atoms. The molecule has 0 aliphatic rings. The highest BCUT2D eigenvalue weighted by atomic mass is 79.9. The molecule has 0 saturated heterocycles. The number of carbonyl (C=O) groups is 1. The fraction of sp³-hybridized carbons (Fsp3) is 0.125. The van der Waals surface area contributed by atoms with Gasteiger partial charge in [-0.25, -0.2) is 9.18 Å². The Morgan fingerprint density at radius 3 is 2.27 bits per heavy atom. The monoisotopic (exact) mass is 286 g/mol. The van der Waals surface area contributed by atoms with Gasteiger partial charge in [0.15, 0.2) is 0 Å². The molecule has 0 unspecified atom stereocenters. The number of hydrogen-bond acceptors (Lipinski definition) is 1. The molecule has 2 nitrogen and oxygen atoms in total. The number of benzene rings is 1. The van der Waals surface area contributed by atoms with Crippen LogP contribution in [0.3, 0.4) is 0 Å². The van der Waals surface area contributed by atoms with Crippen molar-refractivity contribution >= 4 is 21.9 Å². The van der Waals surface area contributed by atoms with Crippen LogP contribution in [0.25, 0.3) is 0 Å². The van der Waals surface area contributed by atoms with Gasteiger partial charge in [-0.1, -0.05) is 0 Å². The summed E-state index contributed by atoms with van der Waals surface area (Å²) in [4.78, 5) is 10.5. The van der Waals surface area contributed by atoms with Crippen LogP contribution in [0.4, 0.5) is 17.6 Å². The van der Waals surface area contributed by atoms with Crippen LogP contribution in [0.5, 0.6) is 0 Å². The van der Waals surface area contributed by atoms with Crippen molar-refractivity contribution in [2.24, 2.45) is 0 Å². The van der Waals surface area contributed by atoms with Crippen molar-refractivity contribution in [3.63, 3.8) is 0 Å². The molecule has 0 aromatic heterocycles. The average molecular weight is 287 g/mol. The fourth-order valence-electron chi connectivity index (χ4n) is 0.930. The van der Waals surface area contributed by atoms with Gasteiger partial charge < -0.3 is 5.11 Å². The molecule has 0 fully saturated rings. The van der Waals surface area contributed by atoms with Gasteiger partial charge in [0.05, 0.1) is 11.1 Å². The van der Waals surface area contributed by atoms with Crippen molar-refractivity contribution in [3.8, 4) is 0 Å². The van der Waals surface area contributed by atoms with E-state index in [2.05, 4.69) is 15.9 Å². The van der Waals surface area contributed by atoms with Crippen molar-refractivity contribution in [2.45, 2.75) is 6.18 Å². The van der Waals surface area contributed by atoms with E-state index in [1.54, 1.807) is 0 Å². The summed E-state index contributed by atoms with van der Waals surface area (Å²) in [6.45, 7) is 0. The first-order chi connectivity index (χ1) is 6.73. The van der Waals surface area contributed by atoms with E-state index < -0.39 is 29.1 Å². The van der Waals surface area contributed by atoms with Crippen molar-refractivity contribution in [2.75, 3.05) is 0 Å². The number of aromatic carboxylic acids is 1. The number of hydrogen-bond donors (Lipinski definition) is 1. The molecule has 0 bridgehead atoms. The summed E-state index contributed by atoms with van der Waals surface area (Å²) in [7, 11) is 0. The van der Waals surface area contributed by atoms with Crippen molar-refractivity contribution in [3.05, 3.63) is 33.5 Å². The summed E-state index contributed by atoms with van der Waals surface area (Å²) in [5.74, 6) is -3.08. The average Bonchev–Trinajstić information content (AvgIpc) is 2.00. The van der Waals surface area contributed by atoms with Crippen molar-refractivity contribution < 1.29 is 27.5 Å². The molecule has 0 saturated carbocycles. The van der Waals surface area contributed by atoms with Gasteiger partial charge in [0.2, 0.25) is 0 Å². The molecule has 1 rings (SSSR count). The normalized spacial score (nSPS) is 11.5. The van der Waals surface area contributed by atoms with Gasteiger partial charge in [-0.15, -0.1) is 0 Å². The van der Waals surface area contributed by atoms with Gasteiger partial charge in [-0.2, -0.15) is 13.2 Å². The lowest BCUT2D eigenvalue weighted by molar-refractivity contribution is -0.140. The Labute approximate surface area is 89.6 Å². The predicted molar refractivity (Wildman–Crippen MR) is 46.1 cm³/mol. The highest BCUT2D eigenvalue weighted by Crippen LogP contribution is 2.34. The molecule has 0 amide bonds. The highest BCUT2D eigenvalue weighted by molar-refractivity contribution is 9.10. The van der Waals surface area contributed by atoms with Crippen molar-refractivity contribution in [1.29, 1.82) is 0 Å². The quantitative estimate of drug-likeness (QED) is 0.805. The lowest BCUT2D eigenvalue weighted by Crippen LogP contribution is -2.11. The van der Waals surface area contributed by atoms with Crippen LogP contribution >= 0.6 is 15.9 Å². The molecule has 1 aromatic rings. The van der Waals surface area contributed by atoms with Crippen LogP contribution < -0.4 is 0 Å². The minimum atomic E-state index is -4.91. The molecule has 0 spiro atoms. The Kier molecular flexibility index (Phi) is 3.03. The number of carboxylic acids is 1. The molecule has 7 heteroatoms. The van der Waals surface area contributed by atoms with Gasteiger partial charge >= 0.3 is 12.1 Å². The van der Waals surface area contributed by atoms with Crippen LogP contribution in [-0.4, -0.2) is 11.1 Å². The van der Waals surface area contributed by atoms with Crippen LogP contribution in [0.15, 0.2) is 16.6 Å². The second-order valence-electron chi connectivity index (χ2n) is 2.61. The summed E-state index contributed by atoms with van der Waals surface area (Å²) in [5.41, 5.74) is -2.23. The standard InChI is InChI=1S/C8H3BrF4O2/c9-5-2-6(10)4(8(11,12)13)1-3(5)7(14)15/h1-2H,(H,14,15). The third kappa shape index (κ3) is 2.47. The molecule has 0 aliphatic carbocycles. The minimum absolute atomic E-state index is 0.236. The lowest BCUT2D eigenvalue weighted by atomic mass is 10.1. The van der Waals surface area contributed by atoms with Gasteiger partial charge in [-0.3, -0.25) is 0 Å². The van der Waals surface area contributed by atoms with Crippen LogP contribution in [0.2, 0.25) is 0 Å². The first-order valence-corrected chi connectivity index (χ1v) is 4.32. The molecule has 0 heterocycles. The number of rotatable bonds is 1. The van der Waals surface area contributed by atoms with Gasteiger partial charge in [-0.05, 0) is 28.1 Å². The summed E-state index contributed by atoms with van der Waals surface area (Å²) in [6.07, 6.45) is -4.91. The summed E-state index contributed by atoms with van der Waals surface area (Å²) in [5, 5.41) is 8.53. The van der Waals surface area contributed by atoms with E-state index in [0.717, 1.165) is 0 Å². The third-order valence-electron chi connectivity index (χ3n) is 1.59. The maximum absolute atomic E-state index is 12.8. The molecule has 0 atom stereocenters. The zero-order valence-electron chi connectivity index (χ0n) is 6.90. The predicted octanol–water partition coefficient (Wildman–Crippen LogP) is 3.31. The summed E-state index contributed by atoms with van der Waals surface area (Å²) < 4.78 is 49.1. The first kappa shape index (κ1) is 12.0. The topological polar surface area (TPSA) is 37.3 Å². The maximum Gasteiger partial charge on any atom is 0.419 e. The summed E-state index contributed by atoms with van der Waals surface area (Å²) >= 11 is 2.66. The molecule has 82 valence electrons. The number of alkyl halides is 3. The number of halogens is 5. The van der Waals surface area contributed by atoms with E-state index in [4.69, 9.17) is 5.11 Å².